The lowest BCUT2D eigenvalue weighted by molar-refractivity contribution is 0.0961. The van der Waals surface area contributed by atoms with Crippen LogP contribution in [0.2, 0.25) is 0 Å². The SMILES string of the molecule is CNC(=O)c1cn[nH]c1[C@@H]1CCN(CCc2ccccc2)C1. The molecule has 0 spiro atoms. The number of hydrogen-bond donors (Lipinski definition) is 2. The third-order valence-electron chi connectivity index (χ3n) is 4.38. The second kappa shape index (κ2) is 6.75. The van der Waals surface area contributed by atoms with Crippen molar-refractivity contribution in [2.24, 2.45) is 0 Å². The average Bonchev–Trinajstić information content (AvgIpc) is 3.22. The quantitative estimate of drug-likeness (QED) is 0.885. The number of carbonyl (C=O) groups is 1. The molecule has 1 aliphatic rings. The van der Waals surface area contributed by atoms with Crippen LogP contribution < -0.4 is 5.32 Å². The van der Waals surface area contributed by atoms with Gasteiger partial charge in [0, 0.05) is 26.1 Å². The van der Waals surface area contributed by atoms with Crippen molar-refractivity contribution in [3.05, 3.63) is 53.3 Å². The molecule has 1 aromatic heterocycles. The molecule has 2 aromatic rings. The highest BCUT2D eigenvalue weighted by Gasteiger charge is 2.28. The van der Waals surface area contributed by atoms with Crippen LogP contribution in [0, 0.1) is 0 Å². The molecule has 0 unspecified atom stereocenters. The van der Waals surface area contributed by atoms with Gasteiger partial charge in [0.05, 0.1) is 17.5 Å². The Bertz CT molecular complexity index is 623. The van der Waals surface area contributed by atoms with Gasteiger partial charge in [-0.25, -0.2) is 0 Å². The van der Waals surface area contributed by atoms with Gasteiger partial charge in [-0.15, -0.1) is 0 Å². The van der Waals surface area contributed by atoms with Crippen molar-refractivity contribution in [2.75, 3.05) is 26.7 Å². The Morgan fingerprint density at radius 2 is 2.23 bits per heavy atom. The fourth-order valence-electron chi connectivity index (χ4n) is 3.13. The van der Waals surface area contributed by atoms with E-state index in [9.17, 15) is 4.79 Å². The first-order valence-corrected chi connectivity index (χ1v) is 7.79. The molecule has 1 saturated heterocycles. The van der Waals surface area contributed by atoms with Crippen molar-refractivity contribution in [2.45, 2.75) is 18.8 Å². The highest BCUT2D eigenvalue weighted by Crippen LogP contribution is 2.28. The fourth-order valence-corrected chi connectivity index (χ4v) is 3.13. The van der Waals surface area contributed by atoms with Crippen LogP contribution in [-0.4, -0.2) is 47.7 Å². The van der Waals surface area contributed by atoms with Gasteiger partial charge >= 0.3 is 0 Å². The zero-order chi connectivity index (χ0) is 15.4. The maximum absolute atomic E-state index is 11.9. The smallest absolute Gasteiger partial charge is 0.254 e. The van der Waals surface area contributed by atoms with Crippen LogP contribution in [0.15, 0.2) is 36.5 Å². The van der Waals surface area contributed by atoms with Crippen molar-refractivity contribution >= 4 is 5.91 Å². The lowest BCUT2D eigenvalue weighted by Crippen LogP contribution is -2.24. The minimum absolute atomic E-state index is 0.0634. The van der Waals surface area contributed by atoms with Gasteiger partial charge in [0.15, 0.2) is 0 Å². The summed E-state index contributed by atoms with van der Waals surface area (Å²) >= 11 is 0. The molecule has 116 valence electrons. The molecule has 1 amide bonds. The van der Waals surface area contributed by atoms with Gasteiger partial charge in [-0.05, 0) is 24.9 Å². The van der Waals surface area contributed by atoms with Crippen molar-refractivity contribution in [3.8, 4) is 0 Å². The normalized spacial score (nSPS) is 18.5. The summed E-state index contributed by atoms with van der Waals surface area (Å²) in [4.78, 5) is 14.3. The standard InChI is InChI=1S/C17H22N4O/c1-18-17(22)15-11-19-20-16(15)14-8-10-21(12-14)9-7-13-5-3-2-4-6-13/h2-6,11,14H,7-10,12H2,1H3,(H,18,22)(H,19,20)/t14-/m1/s1. The summed E-state index contributed by atoms with van der Waals surface area (Å²) < 4.78 is 0. The number of rotatable bonds is 5. The lowest BCUT2D eigenvalue weighted by atomic mass is 10.0. The molecule has 22 heavy (non-hydrogen) atoms. The number of aromatic nitrogens is 2. The molecular weight excluding hydrogens is 276 g/mol. The summed E-state index contributed by atoms with van der Waals surface area (Å²) in [6.07, 6.45) is 3.76. The largest absolute Gasteiger partial charge is 0.355 e. The maximum atomic E-state index is 11.9. The number of nitrogens with one attached hydrogen (secondary N) is 2. The second-order valence-electron chi connectivity index (χ2n) is 5.80. The predicted octanol–water partition coefficient (Wildman–Crippen LogP) is 1.80. The number of carbonyl (C=O) groups excluding carboxylic acids is 1. The molecule has 5 nitrogen and oxygen atoms in total. The highest BCUT2D eigenvalue weighted by molar-refractivity contribution is 5.95. The second-order valence-corrected chi connectivity index (χ2v) is 5.80. The lowest BCUT2D eigenvalue weighted by Gasteiger charge is -2.16. The van der Waals surface area contributed by atoms with E-state index in [-0.39, 0.29) is 5.91 Å². The van der Waals surface area contributed by atoms with Crippen molar-refractivity contribution in [1.82, 2.24) is 20.4 Å². The zero-order valence-corrected chi connectivity index (χ0v) is 12.9. The molecule has 2 N–H and O–H groups in total. The maximum Gasteiger partial charge on any atom is 0.254 e. The summed E-state index contributed by atoms with van der Waals surface area (Å²) in [6, 6.07) is 10.6. The first-order valence-electron chi connectivity index (χ1n) is 7.79. The molecule has 1 aliphatic heterocycles. The Balaban J connectivity index is 1.58. The Morgan fingerprint density at radius 3 is 3.00 bits per heavy atom. The molecule has 0 aliphatic carbocycles. The number of amides is 1. The summed E-state index contributed by atoms with van der Waals surface area (Å²) in [7, 11) is 1.65. The van der Waals surface area contributed by atoms with Crippen LogP contribution in [0.1, 0.15) is 34.0 Å². The van der Waals surface area contributed by atoms with Gasteiger partial charge in [-0.2, -0.15) is 5.10 Å². The molecule has 0 radical (unpaired) electrons. The van der Waals surface area contributed by atoms with E-state index in [1.807, 2.05) is 6.07 Å². The van der Waals surface area contributed by atoms with Gasteiger partial charge in [-0.3, -0.25) is 9.89 Å². The molecule has 3 rings (SSSR count). The van der Waals surface area contributed by atoms with Crippen molar-refractivity contribution < 1.29 is 4.79 Å². The van der Waals surface area contributed by atoms with Gasteiger partial charge < -0.3 is 10.2 Å². The van der Waals surface area contributed by atoms with Crippen LogP contribution in [0.25, 0.3) is 0 Å². The molecule has 0 bridgehead atoms. The third kappa shape index (κ3) is 3.20. The van der Waals surface area contributed by atoms with E-state index < -0.39 is 0 Å². The summed E-state index contributed by atoms with van der Waals surface area (Å²) in [5.74, 6) is 0.303. The number of hydrogen-bond acceptors (Lipinski definition) is 3. The van der Waals surface area contributed by atoms with Gasteiger partial charge in [0.2, 0.25) is 0 Å². The van der Waals surface area contributed by atoms with E-state index >= 15 is 0 Å². The molecule has 1 fully saturated rings. The Kier molecular flexibility index (Phi) is 4.53. The van der Waals surface area contributed by atoms with E-state index in [2.05, 4.69) is 44.7 Å². The van der Waals surface area contributed by atoms with E-state index in [4.69, 9.17) is 0 Å². The Labute approximate surface area is 130 Å². The fraction of sp³-hybridized carbons (Fsp3) is 0.412. The molecule has 0 saturated carbocycles. The molecule has 5 heteroatoms. The number of benzene rings is 1. The van der Waals surface area contributed by atoms with E-state index in [0.29, 0.717) is 11.5 Å². The molecule has 1 aromatic carbocycles. The first kappa shape index (κ1) is 14.8. The van der Waals surface area contributed by atoms with Crippen LogP contribution >= 0.6 is 0 Å². The zero-order valence-electron chi connectivity index (χ0n) is 12.9. The van der Waals surface area contributed by atoms with Crippen molar-refractivity contribution in [3.63, 3.8) is 0 Å². The van der Waals surface area contributed by atoms with Crippen molar-refractivity contribution in [1.29, 1.82) is 0 Å². The van der Waals surface area contributed by atoms with Gasteiger partial charge in [-0.1, -0.05) is 30.3 Å². The Hall–Kier alpha value is -2.14. The summed E-state index contributed by atoms with van der Waals surface area (Å²) in [6.45, 7) is 3.12. The highest BCUT2D eigenvalue weighted by atomic mass is 16.1. The number of likely N-dealkylation sites (tertiary alicyclic amines) is 1. The average molecular weight is 298 g/mol. The third-order valence-corrected chi connectivity index (χ3v) is 4.38. The Morgan fingerprint density at radius 1 is 1.41 bits per heavy atom. The number of H-pyrrole nitrogens is 1. The molecular formula is C17H22N4O. The summed E-state index contributed by atoms with van der Waals surface area (Å²) in [5.41, 5.74) is 3.03. The van der Waals surface area contributed by atoms with Crippen LogP contribution in [0.5, 0.6) is 0 Å². The van der Waals surface area contributed by atoms with Crippen LogP contribution in [-0.2, 0) is 6.42 Å². The topological polar surface area (TPSA) is 61.0 Å². The van der Waals surface area contributed by atoms with E-state index in [0.717, 1.165) is 38.2 Å². The van der Waals surface area contributed by atoms with E-state index in [1.165, 1.54) is 5.56 Å². The minimum Gasteiger partial charge on any atom is -0.355 e. The molecule has 2 heterocycles. The predicted molar refractivity (Wildman–Crippen MR) is 85.9 cm³/mol. The van der Waals surface area contributed by atoms with E-state index in [1.54, 1.807) is 13.2 Å². The van der Waals surface area contributed by atoms with Crippen LogP contribution in [0.4, 0.5) is 0 Å². The monoisotopic (exact) mass is 298 g/mol. The number of aromatic amines is 1. The van der Waals surface area contributed by atoms with Crippen LogP contribution in [0.3, 0.4) is 0 Å². The summed E-state index contributed by atoms with van der Waals surface area (Å²) in [5, 5.41) is 9.75. The van der Waals surface area contributed by atoms with Gasteiger partial charge in [0.25, 0.3) is 5.91 Å². The number of nitrogens with zero attached hydrogens (tertiary/aromatic N) is 2. The van der Waals surface area contributed by atoms with Gasteiger partial charge in [0.1, 0.15) is 0 Å². The first-order chi connectivity index (χ1) is 10.8. The molecule has 1 atom stereocenters. The minimum atomic E-state index is -0.0634.